The summed E-state index contributed by atoms with van der Waals surface area (Å²) in [4.78, 5) is 16.2. The smallest absolute Gasteiger partial charge is 0.270 e. The first-order valence-electron chi connectivity index (χ1n) is 6.16. The molecule has 0 radical (unpaired) electrons. The molecule has 1 aromatic heterocycles. The highest BCUT2D eigenvalue weighted by Gasteiger charge is 2.12. The van der Waals surface area contributed by atoms with Crippen LogP contribution in [-0.2, 0) is 0 Å². The first kappa shape index (κ1) is 13.5. The molecular formula is C13H21N3O. The van der Waals surface area contributed by atoms with Crippen molar-refractivity contribution in [3.63, 3.8) is 0 Å². The van der Waals surface area contributed by atoms with Crippen LogP contribution in [0.2, 0.25) is 0 Å². The minimum Gasteiger partial charge on any atom is -0.373 e. The Bertz CT molecular complexity index is 365. The van der Waals surface area contributed by atoms with Gasteiger partial charge in [-0.2, -0.15) is 0 Å². The Morgan fingerprint density at radius 1 is 1.41 bits per heavy atom. The van der Waals surface area contributed by atoms with Gasteiger partial charge in [0.2, 0.25) is 0 Å². The molecule has 0 saturated heterocycles. The van der Waals surface area contributed by atoms with Gasteiger partial charge in [-0.1, -0.05) is 26.3 Å². The highest BCUT2D eigenvalue weighted by molar-refractivity contribution is 5.92. The van der Waals surface area contributed by atoms with E-state index in [1.54, 1.807) is 13.1 Å². The lowest BCUT2D eigenvalue weighted by atomic mass is 10.1. The second-order valence-corrected chi connectivity index (χ2v) is 4.03. The molecule has 1 aromatic rings. The molecule has 4 nitrogen and oxygen atoms in total. The van der Waals surface area contributed by atoms with Crippen LogP contribution >= 0.6 is 0 Å². The van der Waals surface area contributed by atoms with Crippen LogP contribution < -0.4 is 10.6 Å². The lowest BCUT2D eigenvalue weighted by molar-refractivity contribution is 0.0929. The van der Waals surface area contributed by atoms with Crippen molar-refractivity contribution >= 4 is 11.7 Å². The Morgan fingerprint density at radius 3 is 2.76 bits per heavy atom. The average Bonchev–Trinajstić information content (AvgIpc) is 2.38. The summed E-state index contributed by atoms with van der Waals surface area (Å²) >= 11 is 0. The molecule has 1 unspecified atom stereocenters. The fourth-order valence-electron chi connectivity index (χ4n) is 1.69. The third-order valence-electron chi connectivity index (χ3n) is 2.70. The molecule has 1 heterocycles. The zero-order valence-electron chi connectivity index (χ0n) is 10.8. The minimum atomic E-state index is -0.0950. The number of nitrogens with one attached hydrogen (secondary N) is 2. The molecule has 0 bridgehead atoms. The predicted octanol–water partition coefficient (Wildman–Crippen LogP) is 2.43. The van der Waals surface area contributed by atoms with Crippen LogP contribution in [0.5, 0.6) is 0 Å². The van der Waals surface area contributed by atoms with Gasteiger partial charge in [0.25, 0.3) is 5.91 Å². The number of carbonyl (C=O) groups is 1. The van der Waals surface area contributed by atoms with Gasteiger partial charge >= 0.3 is 0 Å². The summed E-state index contributed by atoms with van der Waals surface area (Å²) in [6, 6.07) is 5.64. The fraction of sp³-hybridized carbons (Fsp3) is 0.538. The molecule has 0 spiro atoms. The topological polar surface area (TPSA) is 54.0 Å². The summed E-state index contributed by atoms with van der Waals surface area (Å²) in [5, 5.41) is 5.93. The van der Waals surface area contributed by atoms with Gasteiger partial charge in [-0.05, 0) is 25.0 Å². The maximum atomic E-state index is 12.0. The first-order chi connectivity index (χ1) is 8.21. The molecule has 0 aromatic carbocycles. The van der Waals surface area contributed by atoms with Crippen LogP contribution in [-0.4, -0.2) is 24.0 Å². The quantitative estimate of drug-likeness (QED) is 0.796. The lowest BCUT2D eigenvalue weighted by Gasteiger charge is -2.15. The monoisotopic (exact) mass is 235 g/mol. The first-order valence-corrected chi connectivity index (χ1v) is 6.16. The number of carbonyl (C=O) groups excluding carboxylic acids is 1. The molecule has 1 atom stereocenters. The molecule has 17 heavy (non-hydrogen) atoms. The summed E-state index contributed by atoms with van der Waals surface area (Å²) in [7, 11) is 1.79. The molecule has 0 aliphatic heterocycles. The van der Waals surface area contributed by atoms with Crippen molar-refractivity contribution in [2.24, 2.45) is 0 Å². The van der Waals surface area contributed by atoms with E-state index in [1.165, 1.54) is 0 Å². The lowest BCUT2D eigenvalue weighted by Crippen LogP contribution is -2.34. The standard InChI is InChI=1S/C13H21N3O/c1-4-7-10(5-2)15-13(17)11-8-6-9-12(14-3)16-11/h6,8-10H,4-5,7H2,1-3H3,(H,14,16)(H,15,17). The van der Waals surface area contributed by atoms with E-state index in [2.05, 4.69) is 29.5 Å². The van der Waals surface area contributed by atoms with Gasteiger partial charge in [-0.15, -0.1) is 0 Å². The number of hydrogen-bond acceptors (Lipinski definition) is 3. The zero-order valence-corrected chi connectivity index (χ0v) is 10.8. The number of amides is 1. The van der Waals surface area contributed by atoms with Crippen LogP contribution in [0.4, 0.5) is 5.82 Å². The van der Waals surface area contributed by atoms with Crippen LogP contribution in [0.15, 0.2) is 18.2 Å². The van der Waals surface area contributed by atoms with E-state index in [-0.39, 0.29) is 11.9 Å². The molecule has 4 heteroatoms. The largest absolute Gasteiger partial charge is 0.373 e. The Hall–Kier alpha value is -1.58. The van der Waals surface area contributed by atoms with Crippen molar-refractivity contribution in [2.45, 2.75) is 39.2 Å². The summed E-state index contributed by atoms with van der Waals surface area (Å²) < 4.78 is 0. The van der Waals surface area contributed by atoms with Crippen molar-refractivity contribution in [3.8, 4) is 0 Å². The average molecular weight is 235 g/mol. The van der Waals surface area contributed by atoms with Gasteiger partial charge in [0.1, 0.15) is 11.5 Å². The van der Waals surface area contributed by atoms with E-state index in [0.29, 0.717) is 11.5 Å². The number of rotatable bonds is 6. The van der Waals surface area contributed by atoms with Gasteiger partial charge < -0.3 is 10.6 Å². The highest BCUT2D eigenvalue weighted by atomic mass is 16.1. The van der Waals surface area contributed by atoms with Crippen LogP contribution in [0.3, 0.4) is 0 Å². The van der Waals surface area contributed by atoms with E-state index in [4.69, 9.17) is 0 Å². The third-order valence-corrected chi connectivity index (χ3v) is 2.70. The van der Waals surface area contributed by atoms with Crippen molar-refractivity contribution in [2.75, 3.05) is 12.4 Å². The fourth-order valence-corrected chi connectivity index (χ4v) is 1.69. The van der Waals surface area contributed by atoms with Crippen LogP contribution in [0.1, 0.15) is 43.6 Å². The molecule has 0 fully saturated rings. The van der Waals surface area contributed by atoms with Gasteiger partial charge in [0.05, 0.1) is 0 Å². The summed E-state index contributed by atoms with van der Waals surface area (Å²) in [5.74, 6) is 0.614. The van der Waals surface area contributed by atoms with Gasteiger partial charge in [-0.3, -0.25) is 4.79 Å². The Kier molecular flexibility index (Phi) is 5.46. The number of pyridine rings is 1. The molecule has 94 valence electrons. The zero-order chi connectivity index (χ0) is 12.7. The highest BCUT2D eigenvalue weighted by Crippen LogP contribution is 2.06. The van der Waals surface area contributed by atoms with Crippen LogP contribution in [0, 0.1) is 0 Å². The number of aromatic nitrogens is 1. The van der Waals surface area contributed by atoms with Gasteiger partial charge in [0, 0.05) is 13.1 Å². The van der Waals surface area contributed by atoms with Crippen molar-refractivity contribution < 1.29 is 4.79 Å². The second-order valence-electron chi connectivity index (χ2n) is 4.03. The normalized spacial score (nSPS) is 11.9. The number of nitrogens with zero attached hydrogens (tertiary/aromatic N) is 1. The summed E-state index contributed by atoms with van der Waals surface area (Å²) in [5.41, 5.74) is 0.464. The molecule has 0 aliphatic carbocycles. The van der Waals surface area contributed by atoms with E-state index in [0.717, 1.165) is 19.3 Å². The number of anilines is 1. The molecule has 0 aliphatic rings. The molecule has 1 amide bonds. The molecule has 2 N–H and O–H groups in total. The van der Waals surface area contributed by atoms with E-state index < -0.39 is 0 Å². The van der Waals surface area contributed by atoms with Crippen molar-refractivity contribution in [1.82, 2.24) is 10.3 Å². The Labute approximate surface area is 103 Å². The molecule has 0 saturated carbocycles. The third kappa shape index (κ3) is 4.06. The Morgan fingerprint density at radius 2 is 2.18 bits per heavy atom. The summed E-state index contributed by atoms with van der Waals surface area (Å²) in [6.07, 6.45) is 3.03. The maximum absolute atomic E-state index is 12.0. The van der Waals surface area contributed by atoms with Gasteiger partial charge in [-0.25, -0.2) is 4.98 Å². The molecule has 1 rings (SSSR count). The second kappa shape index (κ2) is 6.89. The number of hydrogen-bond donors (Lipinski definition) is 2. The maximum Gasteiger partial charge on any atom is 0.270 e. The Balaban J connectivity index is 2.68. The minimum absolute atomic E-state index is 0.0950. The van der Waals surface area contributed by atoms with E-state index in [9.17, 15) is 4.79 Å². The van der Waals surface area contributed by atoms with Crippen LogP contribution in [0.25, 0.3) is 0 Å². The van der Waals surface area contributed by atoms with Crippen molar-refractivity contribution in [3.05, 3.63) is 23.9 Å². The van der Waals surface area contributed by atoms with E-state index >= 15 is 0 Å². The van der Waals surface area contributed by atoms with Crippen molar-refractivity contribution in [1.29, 1.82) is 0 Å². The van der Waals surface area contributed by atoms with E-state index in [1.807, 2.05) is 12.1 Å². The predicted molar refractivity (Wildman–Crippen MR) is 70.2 cm³/mol. The molecular weight excluding hydrogens is 214 g/mol. The van der Waals surface area contributed by atoms with Gasteiger partial charge in [0.15, 0.2) is 0 Å². The summed E-state index contributed by atoms with van der Waals surface area (Å²) in [6.45, 7) is 4.20. The SMILES string of the molecule is CCCC(CC)NC(=O)c1cccc(NC)n1.